The third kappa shape index (κ3) is 3.56. The number of benzene rings is 1. The van der Waals surface area contributed by atoms with Crippen LogP contribution < -0.4 is 10.9 Å². The molecule has 1 amide bonds. The minimum absolute atomic E-state index is 0.0485. The lowest BCUT2D eigenvalue weighted by Gasteiger charge is -2.36. The van der Waals surface area contributed by atoms with E-state index in [1.54, 1.807) is 0 Å². The molecule has 4 rings (SSSR count). The summed E-state index contributed by atoms with van der Waals surface area (Å²) in [6.45, 7) is 4.20. The maximum atomic E-state index is 13.3. The normalized spacial score (nSPS) is 19.6. The highest BCUT2D eigenvalue weighted by molar-refractivity contribution is 5.94. The quantitative estimate of drug-likeness (QED) is 0.879. The van der Waals surface area contributed by atoms with Crippen LogP contribution in [0.4, 0.5) is 0 Å². The van der Waals surface area contributed by atoms with Crippen molar-refractivity contribution in [1.29, 1.82) is 0 Å². The highest BCUT2D eigenvalue weighted by Gasteiger charge is 2.30. The number of amides is 1. The van der Waals surface area contributed by atoms with Gasteiger partial charge in [0.1, 0.15) is 5.56 Å². The zero-order valence-electron chi connectivity index (χ0n) is 15.9. The molecule has 1 saturated heterocycles. The van der Waals surface area contributed by atoms with Gasteiger partial charge >= 0.3 is 0 Å². The van der Waals surface area contributed by atoms with E-state index in [-0.39, 0.29) is 23.1 Å². The number of pyridine rings is 1. The van der Waals surface area contributed by atoms with Crippen molar-refractivity contribution in [2.24, 2.45) is 0 Å². The monoisotopic (exact) mass is 365 g/mol. The summed E-state index contributed by atoms with van der Waals surface area (Å²) in [5.41, 5.74) is 4.57. The van der Waals surface area contributed by atoms with Gasteiger partial charge in [0.05, 0.1) is 6.04 Å². The van der Waals surface area contributed by atoms with Crippen LogP contribution in [-0.4, -0.2) is 35.4 Å². The topological polar surface area (TPSA) is 65.2 Å². The van der Waals surface area contributed by atoms with Crippen molar-refractivity contribution in [2.75, 3.05) is 19.6 Å². The number of fused-ring (bicyclic) bond motifs is 1. The van der Waals surface area contributed by atoms with Gasteiger partial charge < -0.3 is 15.2 Å². The molecule has 2 heterocycles. The van der Waals surface area contributed by atoms with Gasteiger partial charge in [0.15, 0.2) is 0 Å². The third-order valence-corrected chi connectivity index (χ3v) is 5.85. The van der Waals surface area contributed by atoms with Gasteiger partial charge in [-0.15, -0.1) is 0 Å². The SMILES string of the molecule is CCc1ccc(C2CNCCN2C(=O)c2cc3c([nH]c2=O)CCCC3)cc1. The van der Waals surface area contributed by atoms with Gasteiger partial charge in [0.25, 0.3) is 11.5 Å². The summed E-state index contributed by atoms with van der Waals surface area (Å²) in [5, 5.41) is 3.38. The summed E-state index contributed by atoms with van der Waals surface area (Å²) in [6.07, 6.45) is 5.06. The number of rotatable bonds is 3. The number of carbonyl (C=O) groups excluding carboxylic acids is 1. The molecule has 1 unspecified atom stereocenters. The van der Waals surface area contributed by atoms with E-state index in [1.165, 1.54) is 5.56 Å². The van der Waals surface area contributed by atoms with Gasteiger partial charge in [-0.1, -0.05) is 31.2 Å². The molecule has 27 heavy (non-hydrogen) atoms. The first-order valence-electron chi connectivity index (χ1n) is 10.0. The molecule has 1 aromatic heterocycles. The van der Waals surface area contributed by atoms with E-state index in [4.69, 9.17) is 0 Å². The van der Waals surface area contributed by atoms with Crippen molar-refractivity contribution in [2.45, 2.75) is 45.1 Å². The molecule has 2 aliphatic rings. The first-order chi connectivity index (χ1) is 13.2. The molecule has 1 atom stereocenters. The summed E-state index contributed by atoms with van der Waals surface area (Å²) >= 11 is 0. The average molecular weight is 365 g/mol. The number of aromatic nitrogens is 1. The molecule has 1 fully saturated rings. The Hall–Kier alpha value is -2.40. The van der Waals surface area contributed by atoms with Crippen LogP contribution in [0.5, 0.6) is 0 Å². The minimum Gasteiger partial charge on any atom is -0.329 e. The summed E-state index contributed by atoms with van der Waals surface area (Å²) in [5.74, 6) is -0.157. The second-order valence-corrected chi connectivity index (χ2v) is 7.54. The molecule has 1 aromatic carbocycles. The van der Waals surface area contributed by atoms with E-state index < -0.39 is 0 Å². The van der Waals surface area contributed by atoms with Crippen molar-refractivity contribution < 1.29 is 4.79 Å². The van der Waals surface area contributed by atoms with Crippen LogP contribution >= 0.6 is 0 Å². The summed E-state index contributed by atoms with van der Waals surface area (Å²) in [6, 6.07) is 10.3. The first kappa shape index (κ1) is 18.0. The fourth-order valence-corrected chi connectivity index (χ4v) is 4.21. The van der Waals surface area contributed by atoms with Crippen LogP contribution in [0.2, 0.25) is 0 Å². The second kappa shape index (κ2) is 7.69. The Balaban J connectivity index is 1.65. The Morgan fingerprint density at radius 2 is 1.96 bits per heavy atom. The van der Waals surface area contributed by atoms with E-state index in [9.17, 15) is 9.59 Å². The lowest BCUT2D eigenvalue weighted by molar-refractivity contribution is 0.0632. The van der Waals surface area contributed by atoms with Crippen molar-refractivity contribution >= 4 is 5.91 Å². The van der Waals surface area contributed by atoms with Crippen LogP contribution in [0.25, 0.3) is 0 Å². The third-order valence-electron chi connectivity index (χ3n) is 5.85. The molecule has 142 valence electrons. The van der Waals surface area contributed by atoms with Gasteiger partial charge in [0, 0.05) is 25.3 Å². The zero-order valence-corrected chi connectivity index (χ0v) is 15.9. The Bertz CT molecular complexity index is 885. The molecule has 5 heteroatoms. The number of aryl methyl sites for hydroxylation is 3. The smallest absolute Gasteiger partial charge is 0.261 e. The summed E-state index contributed by atoms with van der Waals surface area (Å²) in [4.78, 5) is 30.7. The molecular formula is C22H27N3O2. The number of H-pyrrole nitrogens is 1. The van der Waals surface area contributed by atoms with Crippen LogP contribution in [0, 0.1) is 0 Å². The minimum atomic E-state index is -0.251. The predicted octanol–water partition coefficient (Wildman–Crippen LogP) is 2.60. The van der Waals surface area contributed by atoms with Crippen LogP contribution in [-0.2, 0) is 19.3 Å². The Labute approximate surface area is 159 Å². The number of aromatic amines is 1. The Morgan fingerprint density at radius 3 is 2.74 bits per heavy atom. The molecule has 0 spiro atoms. The van der Waals surface area contributed by atoms with E-state index in [2.05, 4.69) is 41.5 Å². The van der Waals surface area contributed by atoms with Gasteiger partial charge in [-0.3, -0.25) is 9.59 Å². The van der Waals surface area contributed by atoms with E-state index >= 15 is 0 Å². The van der Waals surface area contributed by atoms with Gasteiger partial charge in [0.2, 0.25) is 0 Å². The van der Waals surface area contributed by atoms with Crippen LogP contribution in [0.3, 0.4) is 0 Å². The Morgan fingerprint density at radius 1 is 1.19 bits per heavy atom. The van der Waals surface area contributed by atoms with Crippen molar-refractivity contribution in [1.82, 2.24) is 15.2 Å². The summed E-state index contributed by atoms with van der Waals surface area (Å²) in [7, 11) is 0. The maximum Gasteiger partial charge on any atom is 0.261 e. The van der Waals surface area contributed by atoms with Gasteiger partial charge in [-0.2, -0.15) is 0 Å². The molecule has 2 N–H and O–H groups in total. The molecule has 0 bridgehead atoms. The molecule has 1 aliphatic heterocycles. The number of piperazine rings is 1. The number of nitrogens with zero attached hydrogens (tertiary/aromatic N) is 1. The number of hydrogen-bond acceptors (Lipinski definition) is 3. The first-order valence-corrected chi connectivity index (χ1v) is 10.0. The highest BCUT2D eigenvalue weighted by atomic mass is 16.2. The predicted molar refractivity (Wildman–Crippen MR) is 106 cm³/mol. The van der Waals surface area contributed by atoms with Crippen LogP contribution in [0.1, 0.15) is 58.5 Å². The van der Waals surface area contributed by atoms with Crippen molar-refractivity contribution in [3.63, 3.8) is 0 Å². The molecular weight excluding hydrogens is 338 g/mol. The van der Waals surface area contributed by atoms with E-state index in [0.717, 1.165) is 55.5 Å². The largest absolute Gasteiger partial charge is 0.329 e. The molecule has 0 saturated carbocycles. The highest BCUT2D eigenvalue weighted by Crippen LogP contribution is 2.25. The molecule has 1 aliphatic carbocycles. The van der Waals surface area contributed by atoms with Gasteiger partial charge in [-0.25, -0.2) is 0 Å². The number of hydrogen-bond donors (Lipinski definition) is 2. The van der Waals surface area contributed by atoms with Crippen molar-refractivity contribution in [3.8, 4) is 0 Å². The standard InChI is InChI=1S/C22H27N3O2/c1-2-15-7-9-16(10-8-15)20-14-23-11-12-25(20)22(27)18-13-17-5-3-4-6-19(17)24-21(18)26/h7-10,13,20,23H,2-6,11-12,14H2,1H3,(H,24,26). The van der Waals surface area contributed by atoms with Crippen LogP contribution in [0.15, 0.2) is 35.1 Å². The second-order valence-electron chi connectivity index (χ2n) is 7.54. The van der Waals surface area contributed by atoms with E-state index in [1.807, 2.05) is 11.0 Å². The Kier molecular flexibility index (Phi) is 5.12. The lowest BCUT2D eigenvalue weighted by Crippen LogP contribution is -2.49. The molecule has 2 aromatic rings. The maximum absolute atomic E-state index is 13.3. The van der Waals surface area contributed by atoms with Crippen molar-refractivity contribution in [3.05, 3.63) is 68.6 Å². The van der Waals surface area contributed by atoms with Gasteiger partial charge in [-0.05, 0) is 54.9 Å². The number of nitrogens with one attached hydrogen (secondary N) is 2. The average Bonchev–Trinajstić information content (AvgIpc) is 2.73. The summed E-state index contributed by atoms with van der Waals surface area (Å²) < 4.78 is 0. The lowest BCUT2D eigenvalue weighted by atomic mass is 9.94. The fraction of sp³-hybridized carbons (Fsp3) is 0.455. The fourth-order valence-electron chi connectivity index (χ4n) is 4.21. The number of carbonyl (C=O) groups is 1. The molecule has 5 nitrogen and oxygen atoms in total. The molecule has 0 radical (unpaired) electrons. The van der Waals surface area contributed by atoms with E-state index in [0.29, 0.717) is 13.1 Å². The zero-order chi connectivity index (χ0) is 18.8.